The fourth-order valence-electron chi connectivity index (χ4n) is 1.69. The Hall–Kier alpha value is -0.660. The van der Waals surface area contributed by atoms with Crippen molar-refractivity contribution in [3.63, 3.8) is 0 Å². The van der Waals surface area contributed by atoms with Gasteiger partial charge < -0.3 is 0 Å². The lowest BCUT2D eigenvalue weighted by molar-refractivity contribution is 0.466. The summed E-state index contributed by atoms with van der Waals surface area (Å²) in [5, 5.41) is 0.825. The second-order valence-electron chi connectivity index (χ2n) is 4.35. The molecular weight excluding hydrogens is 399 g/mol. The third-order valence-electron chi connectivity index (χ3n) is 2.78. The van der Waals surface area contributed by atoms with Crippen LogP contribution in [0.2, 0.25) is 10.0 Å². The van der Waals surface area contributed by atoms with E-state index < -0.39 is 10.0 Å². The first kappa shape index (κ1) is 16.7. The van der Waals surface area contributed by atoms with Crippen molar-refractivity contribution >= 4 is 49.2 Å². The van der Waals surface area contributed by atoms with Gasteiger partial charge in [-0.2, -0.15) is 4.31 Å². The van der Waals surface area contributed by atoms with Crippen LogP contribution in [-0.2, 0) is 16.6 Å². The van der Waals surface area contributed by atoms with E-state index >= 15 is 0 Å². The average Bonchev–Trinajstić information content (AvgIpc) is 2.43. The van der Waals surface area contributed by atoms with Gasteiger partial charge in [-0.15, -0.1) is 0 Å². The molecule has 0 atom stereocenters. The quantitative estimate of drug-likeness (QED) is 0.767. The van der Waals surface area contributed by atoms with Crippen molar-refractivity contribution in [2.24, 2.45) is 0 Å². The highest BCUT2D eigenvalue weighted by atomic mass is 79.9. The Kier molecular flexibility index (Phi) is 5.27. The molecule has 0 radical (unpaired) electrons. The van der Waals surface area contributed by atoms with Crippen LogP contribution in [0.5, 0.6) is 0 Å². The Morgan fingerprint density at radius 2 is 1.90 bits per heavy atom. The minimum Gasteiger partial charge on any atom is -0.262 e. The molecule has 0 spiro atoms. The highest BCUT2D eigenvalue weighted by Gasteiger charge is 2.21. The molecule has 0 saturated carbocycles. The molecule has 21 heavy (non-hydrogen) atoms. The number of benzene rings is 1. The Morgan fingerprint density at radius 3 is 2.52 bits per heavy atom. The molecule has 0 aliphatic heterocycles. The first-order chi connectivity index (χ1) is 9.80. The summed E-state index contributed by atoms with van der Waals surface area (Å²) in [6.07, 6.45) is 2.84. The molecule has 0 fully saturated rings. The smallest absolute Gasteiger partial charge is 0.244 e. The summed E-state index contributed by atoms with van der Waals surface area (Å²) in [5.74, 6) is 0. The average molecular weight is 410 g/mol. The van der Waals surface area contributed by atoms with Crippen LogP contribution in [0.4, 0.5) is 0 Å². The van der Waals surface area contributed by atoms with Crippen LogP contribution in [0.25, 0.3) is 0 Å². The predicted octanol–water partition coefficient (Wildman–Crippen LogP) is 3.97. The van der Waals surface area contributed by atoms with E-state index in [0.717, 1.165) is 5.56 Å². The molecule has 2 rings (SSSR count). The van der Waals surface area contributed by atoms with Crippen molar-refractivity contribution in [2.75, 3.05) is 7.05 Å². The first-order valence-electron chi connectivity index (χ1n) is 5.81. The van der Waals surface area contributed by atoms with Gasteiger partial charge in [-0.1, -0.05) is 29.3 Å². The van der Waals surface area contributed by atoms with Crippen LogP contribution in [0.3, 0.4) is 0 Å². The molecule has 112 valence electrons. The van der Waals surface area contributed by atoms with E-state index in [1.807, 2.05) is 0 Å². The maximum Gasteiger partial charge on any atom is 0.244 e. The molecule has 0 amide bonds. The molecule has 2 aromatic rings. The summed E-state index contributed by atoms with van der Waals surface area (Å²) < 4.78 is 26.7. The van der Waals surface area contributed by atoms with Crippen LogP contribution in [0, 0.1) is 0 Å². The maximum atomic E-state index is 12.4. The number of hydrogen-bond acceptors (Lipinski definition) is 3. The van der Waals surface area contributed by atoms with E-state index in [1.54, 1.807) is 18.2 Å². The molecule has 1 aromatic carbocycles. The minimum absolute atomic E-state index is 0.124. The summed E-state index contributed by atoms with van der Waals surface area (Å²) in [5.41, 5.74) is 0.749. The van der Waals surface area contributed by atoms with Crippen molar-refractivity contribution < 1.29 is 8.42 Å². The summed E-state index contributed by atoms with van der Waals surface area (Å²) in [6.45, 7) is 0.186. The normalized spacial score (nSPS) is 11.9. The molecule has 0 aliphatic carbocycles. The highest BCUT2D eigenvalue weighted by Crippen LogP contribution is 2.24. The number of rotatable bonds is 4. The fraction of sp³-hybridized carbons (Fsp3) is 0.154. The minimum atomic E-state index is -3.62. The number of nitrogens with zero attached hydrogens (tertiary/aromatic N) is 2. The van der Waals surface area contributed by atoms with Crippen LogP contribution >= 0.6 is 39.1 Å². The molecule has 0 unspecified atom stereocenters. The SMILES string of the molecule is CN(Cc1ccc(Cl)c(Cl)c1)S(=O)(=O)c1cncc(Br)c1. The lowest BCUT2D eigenvalue weighted by Gasteiger charge is -2.17. The first-order valence-corrected chi connectivity index (χ1v) is 8.80. The van der Waals surface area contributed by atoms with Gasteiger partial charge in [0, 0.05) is 30.5 Å². The highest BCUT2D eigenvalue weighted by molar-refractivity contribution is 9.10. The maximum absolute atomic E-state index is 12.4. The van der Waals surface area contributed by atoms with Crippen molar-refractivity contribution in [1.29, 1.82) is 0 Å². The van der Waals surface area contributed by atoms with Crippen molar-refractivity contribution in [3.8, 4) is 0 Å². The number of pyridine rings is 1. The van der Waals surface area contributed by atoms with Gasteiger partial charge >= 0.3 is 0 Å². The van der Waals surface area contributed by atoms with Crippen LogP contribution in [0.1, 0.15) is 5.56 Å². The molecule has 4 nitrogen and oxygen atoms in total. The Morgan fingerprint density at radius 1 is 1.19 bits per heavy atom. The van der Waals surface area contributed by atoms with E-state index in [2.05, 4.69) is 20.9 Å². The van der Waals surface area contributed by atoms with E-state index in [-0.39, 0.29) is 11.4 Å². The molecule has 0 N–H and O–H groups in total. The van der Waals surface area contributed by atoms with Crippen LogP contribution in [0.15, 0.2) is 46.0 Å². The lowest BCUT2D eigenvalue weighted by atomic mass is 10.2. The third-order valence-corrected chi connectivity index (χ3v) is 5.72. The molecule has 8 heteroatoms. The zero-order valence-electron chi connectivity index (χ0n) is 10.9. The van der Waals surface area contributed by atoms with E-state index in [0.29, 0.717) is 14.5 Å². The third kappa shape index (κ3) is 3.96. The molecular formula is C13H11BrCl2N2O2S. The van der Waals surface area contributed by atoms with Gasteiger partial charge in [0.2, 0.25) is 10.0 Å². The summed E-state index contributed by atoms with van der Waals surface area (Å²) in [4.78, 5) is 4.00. The monoisotopic (exact) mass is 408 g/mol. The predicted molar refractivity (Wildman–Crippen MR) is 87.1 cm³/mol. The van der Waals surface area contributed by atoms with Crippen LogP contribution in [-0.4, -0.2) is 24.8 Å². The zero-order chi connectivity index (χ0) is 15.6. The number of aromatic nitrogens is 1. The Bertz CT molecular complexity index is 769. The van der Waals surface area contributed by atoms with Gasteiger partial charge in [0.25, 0.3) is 0 Å². The molecule has 0 bridgehead atoms. The summed E-state index contributed by atoms with van der Waals surface area (Å²) in [7, 11) is -2.12. The van der Waals surface area contributed by atoms with Crippen LogP contribution < -0.4 is 0 Å². The Balaban J connectivity index is 2.26. The van der Waals surface area contributed by atoms with Gasteiger partial charge in [-0.3, -0.25) is 4.98 Å². The zero-order valence-corrected chi connectivity index (χ0v) is 14.8. The molecule has 1 aromatic heterocycles. The van der Waals surface area contributed by atoms with Gasteiger partial charge in [0.05, 0.1) is 10.0 Å². The largest absolute Gasteiger partial charge is 0.262 e. The van der Waals surface area contributed by atoms with Gasteiger partial charge in [-0.05, 0) is 39.7 Å². The lowest BCUT2D eigenvalue weighted by Crippen LogP contribution is -2.26. The summed E-state index contributed by atoms with van der Waals surface area (Å²) >= 11 is 15.0. The van der Waals surface area contributed by atoms with E-state index in [1.165, 1.54) is 29.8 Å². The fourth-order valence-corrected chi connectivity index (χ4v) is 3.68. The van der Waals surface area contributed by atoms with Gasteiger partial charge in [0.15, 0.2) is 0 Å². The van der Waals surface area contributed by atoms with Gasteiger partial charge in [-0.25, -0.2) is 8.42 Å². The number of halogens is 3. The topological polar surface area (TPSA) is 50.3 Å². The molecule has 0 saturated heterocycles. The Labute approximate surface area is 141 Å². The van der Waals surface area contributed by atoms with Crippen molar-refractivity contribution in [2.45, 2.75) is 11.4 Å². The molecule has 0 aliphatic rings. The summed E-state index contributed by atoms with van der Waals surface area (Å²) in [6, 6.07) is 6.53. The van der Waals surface area contributed by atoms with E-state index in [4.69, 9.17) is 23.2 Å². The number of sulfonamides is 1. The van der Waals surface area contributed by atoms with Crippen molar-refractivity contribution in [3.05, 3.63) is 56.7 Å². The van der Waals surface area contributed by atoms with Crippen molar-refractivity contribution in [1.82, 2.24) is 9.29 Å². The number of hydrogen-bond donors (Lipinski definition) is 0. The van der Waals surface area contributed by atoms with Gasteiger partial charge in [0.1, 0.15) is 4.90 Å². The van der Waals surface area contributed by atoms with E-state index in [9.17, 15) is 8.42 Å². The standard InChI is InChI=1S/C13H11BrCl2N2O2S/c1-18(8-9-2-3-12(15)13(16)4-9)21(19,20)11-5-10(14)6-17-7-11/h2-7H,8H2,1H3. The second-order valence-corrected chi connectivity index (χ2v) is 8.12. The molecule has 1 heterocycles. The second kappa shape index (κ2) is 6.62.